The smallest absolute Gasteiger partial charge is 0.306 e. The summed E-state index contributed by atoms with van der Waals surface area (Å²) < 4.78 is 17.0. The van der Waals surface area contributed by atoms with Crippen LogP contribution in [0.4, 0.5) is 0 Å². The summed E-state index contributed by atoms with van der Waals surface area (Å²) in [5, 5.41) is 0. The van der Waals surface area contributed by atoms with Gasteiger partial charge in [-0.25, -0.2) is 0 Å². The van der Waals surface area contributed by atoms with Crippen molar-refractivity contribution in [1.29, 1.82) is 0 Å². The van der Waals surface area contributed by atoms with Crippen molar-refractivity contribution in [3.05, 3.63) is 36.5 Å². The highest BCUT2D eigenvalue weighted by atomic mass is 16.6. The molecule has 0 spiro atoms. The van der Waals surface area contributed by atoms with Gasteiger partial charge in [0.15, 0.2) is 6.10 Å². The summed E-state index contributed by atoms with van der Waals surface area (Å²) in [5.74, 6) is -0.854. The molecule has 0 aliphatic carbocycles. The Labute approximate surface area is 499 Å². The number of hydrogen-bond donors (Lipinski definition) is 0. The summed E-state index contributed by atoms with van der Waals surface area (Å²) in [6.45, 7) is 6.69. The second-order valence-corrected chi connectivity index (χ2v) is 24.5. The maximum absolute atomic E-state index is 12.9. The third-order valence-corrected chi connectivity index (χ3v) is 16.3. The van der Waals surface area contributed by atoms with Crippen molar-refractivity contribution in [3.63, 3.8) is 0 Å². The predicted molar refractivity (Wildman–Crippen MR) is 349 cm³/mol. The molecule has 0 saturated carbocycles. The van der Waals surface area contributed by atoms with E-state index in [2.05, 4.69) is 57.2 Å². The standard InChI is InChI=1S/C74H138O6/c1-4-7-10-13-16-19-22-25-28-30-32-33-34-35-36-37-38-39-40-41-43-44-46-49-52-55-58-61-64-67-73(76)79-70-71(69-78-72(75)66-63-60-57-54-51-48-27-24-21-18-15-12-9-6-3)80-74(77)68-65-62-59-56-53-50-47-45-42-31-29-26-23-20-17-14-11-8-5-2/h24,26-27,29-30,32,71H,4-23,25,28,31,33-70H2,1-3H3/b27-24-,29-26-,32-30-. The number of esters is 3. The molecule has 0 bridgehead atoms. The molecule has 0 saturated heterocycles. The molecule has 0 amide bonds. The SMILES string of the molecule is CCCCCCC/C=C\CCCCCCCC(=O)OCC(COC(=O)CCCCCCCCCCCCCCCCCCC/C=C\CCCCCCCCCC)OC(=O)CCCCCCCCCCC/C=C\CCCCCCCC. The van der Waals surface area contributed by atoms with Gasteiger partial charge >= 0.3 is 17.9 Å². The molecule has 6 nitrogen and oxygen atoms in total. The quantitative estimate of drug-likeness (QED) is 0.0261. The van der Waals surface area contributed by atoms with Gasteiger partial charge in [0.2, 0.25) is 0 Å². The van der Waals surface area contributed by atoms with Gasteiger partial charge in [-0.15, -0.1) is 0 Å². The topological polar surface area (TPSA) is 78.9 Å². The van der Waals surface area contributed by atoms with Gasteiger partial charge in [0, 0.05) is 19.3 Å². The van der Waals surface area contributed by atoms with E-state index in [0.29, 0.717) is 19.3 Å². The van der Waals surface area contributed by atoms with E-state index in [4.69, 9.17) is 14.2 Å². The Kier molecular flexibility index (Phi) is 67.1. The van der Waals surface area contributed by atoms with Crippen molar-refractivity contribution in [2.75, 3.05) is 13.2 Å². The third-order valence-electron chi connectivity index (χ3n) is 16.3. The maximum atomic E-state index is 12.9. The van der Waals surface area contributed by atoms with Gasteiger partial charge in [-0.2, -0.15) is 0 Å². The van der Waals surface area contributed by atoms with Crippen LogP contribution in [0.5, 0.6) is 0 Å². The molecule has 80 heavy (non-hydrogen) atoms. The van der Waals surface area contributed by atoms with Crippen LogP contribution in [0, 0.1) is 0 Å². The first-order valence-electron chi connectivity index (χ1n) is 36.0. The molecular weight excluding hydrogens is 985 g/mol. The minimum absolute atomic E-state index is 0.0711. The molecule has 1 atom stereocenters. The second kappa shape index (κ2) is 69.1. The maximum Gasteiger partial charge on any atom is 0.306 e. The Morgan fingerprint density at radius 1 is 0.237 bits per heavy atom. The van der Waals surface area contributed by atoms with Gasteiger partial charge in [-0.1, -0.05) is 320 Å². The van der Waals surface area contributed by atoms with E-state index >= 15 is 0 Å². The van der Waals surface area contributed by atoms with Gasteiger partial charge in [0.1, 0.15) is 13.2 Å². The lowest BCUT2D eigenvalue weighted by Gasteiger charge is -2.18. The fraction of sp³-hybridized carbons (Fsp3) is 0.878. The summed E-state index contributed by atoms with van der Waals surface area (Å²) in [6, 6.07) is 0. The lowest BCUT2D eigenvalue weighted by Crippen LogP contribution is -2.30. The van der Waals surface area contributed by atoms with Gasteiger partial charge in [0.05, 0.1) is 0 Å². The highest BCUT2D eigenvalue weighted by molar-refractivity contribution is 5.71. The molecule has 0 rings (SSSR count). The number of hydrogen-bond acceptors (Lipinski definition) is 6. The summed E-state index contributed by atoms with van der Waals surface area (Å²) >= 11 is 0. The van der Waals surface area contributed by atoms with E-state index in [9.17, 15) is 14.4 Å². The fourth-order valence-corrected chi connectivity index (χ4v) is 10.9. The predicted octanol–water partition coefficient (Wildman–Crippen LogP) is 24.7. The Morgan fingerprint density at radius 2 is 0.412 bits per heavy atom. The highest BCUT2D eigenvalue weighted by Crippen LogP contribution is 2.18. The van der Waals surface area contributed by atoms with Crippen molar-refractivity contribution < 1.29 is 28.6 Å². The van der Waals surface area contributed by atoms with E-state index < -0.39 is 6.10 Å². The van der Waals surface area contributed by atoms with E-state index in [0.717, 1.165) is 64.2 Å². The molecule has 0 radical (unpaired) electrons. The van der Waals surface area contributed by atoms with Crippen LogP contribution < -0.4 is 0 Å². The van der Waals surface area contributed by atoms with E-state index in [1.54, 1.807) is 0 Å². The first-order valence-corrected chi connectivity index (χ1v) is 36.0. The summed E-state index contributed by atoms with van der Waals surface area (Å²) in [5.41, 5.74) is 0. The van der Waals surface area contributed by atoms with Crippen molar-refractivity contribution in [2.24, 2.45) is 0 Å². The van der Waals surface area contributed by atoms with Crippen molar-refractivity contribution in [1.82, 2.24) is 0 Å². The van der Waals surface area contributed by atoms with Crippen LogP contribution in [-0.2, 0) is 28.6 Å². The lowest BCUT2D eigenvalue weighted by atomic mass is 10.0. The number of allylic oxidation sites excluding steroid dienone is 6. The van der Waals surface area contributed by atoms with Crippen LogP contribution in [0.3, 0.4) is 0 Å². The summed E-state index contributed by atoms with van der Waals surface area (Å²) in [7, 11) is 0. The van der Waals surface area contributed by atoms with Crippen LogP contribution in [0.1, 0.15) is 400 Å². The molecule has 6 heteroatoms. The van der Waals surface area contributed by atoms with Crippen molar-refractivity contribution in [3.8, 4) is 0 Å². The Balaban J connectivity index is 4.20. The molecule has 0 fully saturated rings. The lowest BCUT2D eigenvalue weighted by molar-refractivity contribution is -0.167. The van der Waals surface area contributed by atoms with E-state index in [-0.39, 0.29) is 31.1 Å². The van der Waals surface area contributed by atoms with Crippen molar-refractivity contribution in [2.45, 2.75) is 406 Å². The molecule has 1 unspecified atom stereocenters. The van der Waals surface area contributed by atoms with Crippen LogP contribution >= 0.6 is 0 Å². The molecular formula is C74H138O6. The van der Waals surface area contributed by atoms with Gasteiger partial charge < -0.3 is 14.2 Å². The molecule has 0 aromatic carbocycles. The zero-order chi connectivity index (χ0) is 57.8. The largest absolute Gasteiger partial charge is 0.462 e. The minimum Gasteiger partial charge on any atom is -0.462 e. The first-order chi connectivity index (χ1) is 39.5. The normalized spacial score (nSPS) is 12.2. The molecule has 0 heterocycles. The summed E-state index contributed by atoms with van der Waals surface area (Å²) in [6.07, 6.45) is 86.1. The minimum atomic E-state index is -0.776. The Bertz CT molecular complexity index is 1340. The van der Waals surface area contributed by atoms with E-state index in [1.165, 1.54) is 295 Å². The highest BCUT2D eigenvalue weighted by Gasteiger charge is 2.19. The zero-order valence-corrected chi connectivity index (χ0v) is 54.1. The van der Waals surface area contributed by atoms with Gasteiger partial charge in [-0.3, -0.25) is 14.4 Å². The Morgan fingerprint density at radius 3 is 0.625 bits per heavy atom. The van der Waals surface area contributed by atoms with Crippen LogP contribution in [0.2, 0.25) is 0 Å². The average Bonchev–Trinajstić information content (AvgIpc) is 3.46. The molecule has 0 aromatic rings. The number of carbonyl (C=O) groups excluding carboxylic acids is 3. The van der Waals surface area contributed by atoms with Crippen LogP contribution in [-0.4, -0.2) is 37.2 Å². The second-order valence-electron chi connectivity index (χ2n) is 24.5. The molecule has 0 N–H and O–H groups in total. The number of carbonyl (C=O) groups is 3. The molecule has 0 aliphatic rings. The molecule has 0 aliphatic heterocycles. The molecule has 470 valence electrons. The van der Waals surface area contributed by atoms with Crippen LogP contribution in [0.15, 0.2) is 36.5 Å². The van der Waals surface area contributed by atoms with Gasteiger partial charge in [-0.05, 0) is 96.3 Å². The third kappa shape index (κ3) is 66.4. The van der Waals surface area contributed by atoms with Gasteiger partial charge in [0.25, 0.3) is 0 Å². The van der Waals surface area contributed by atoms with E-state index in [1.807, 2.05) is 0 Å². The zero-order valence-electron chi connectivity index (χ0n) is 54.1. The van der Waals surface area contributed by atoms with Crippen molar-refractivity contribution >= 4 is 17.9 Å². The van der Waals surface area contributed by atoms with Crippen LogP contribution in [0.25, 0.3) is 0 Å². The fourth-order valence-electron chi connectivity index (χ4n) is 10.9. The number of unbranched alkanes of at least 4 members (excludes halogenated alkanes) is 50. The number of ether oxygens (including phenoxy) is 3. The first kappa shape index (κ1) is 77.6. The molecule has 0 aromatic heterocycles. The summed E-state index contributed by atoms with van der Waals surface area (Å²) in [4.78, 5) is 38.4. The monoisotopic (exact) mass is 1120 g/mol. The number of rotatable bonds is 67. The Hall–Kier alpha value is -2.37. The average molecular weight is 1120 g/mol.